The molecular formula is C13H26N2O. The lowest BCUT2D eigenvalue weighted by molar-refractivity contribution is -0.143. The molecule has 0 aliphatic heterocycles. The zero-order chi connectivity index (χ0) is 12.2. The third-order valence-corrected chi connectivity index (χ3v) is 3.95. The summed E-state index contributed by atoms with van der Waals surface area (Å²) in [5.41, 5.74) is 5.52. The minimum absolute atomic E-state index is 0.0700. The summed E-state index contributed by atoms with van der Waals surface area (Å²) in [6.07, 6.45) is 5.51. The highest BCUT2D eigenvalue weighted by atomic mass is 16.2. The maximum atomic E-state index is 12.6. The molecule has 0 aromatic carbocycles. The SMILES string of the molecule is CCC1(C(=O)N(CCN)C(C)C)CCCC1. The summed E-state index contributed by atoms with van der Waals surface area (Å²) in [5, 5.41) is 0. The van der Waals surface area contributed by atoms with Gasteiger partial charge in [-0.15, -0.1) is 0 Å². The molecule has 0 heterocycles. The molecule has 0 radical (unpaired) electrons. The van der Waals surface area contributed by atoms with Gasteiger partial charge in [-0.1, -0.05) is 19.8 Å². The van der Waals surface area contributed by atoms with Gasteiger partial charge >= 0.3 is 0 Å². The molecule has 1 rings (SSSR count). The quantitative estimate of drug-likeness (QED) is 0.781. The molecule has 0 unspecified atom stereocenters. The van der Waals surface area contributed by atoms with Crippen molar-refractivity contribution in [2.75, 3.05) is 13.1 Å². The van der Waals surface area contributed by atoms with E-state index in [1.807, 2.05) is 4.90 Å². The Kier molecular flexibility index (Phi) is 4.78. The van der Waals surface area contributed by atoms with Gasteiger partial charge in [-0.05, 0) is 33.1 Å². The average molecular weight is 226 g/mol. The molecule has 0 bridgehead atoms. The number of rotatable bonds is 5. The van der Waals surface area contributed by atoms with E-state index >= 15 is 0 Å². The first-order valence-corrected chi connectivity index (χ1v) is 6.58. The maximum absolute atomic E-state index is 12.6. The minimum atomic E-state index is -0.0700. The van der Waals surface area contributed by atoms with E-state index < -0.39 is 0 Å². The number of carbonyl (C=O) groups is 1. The van der Waals surface area contributed by atoms with Crippen molar-refractivity contribution in [3.05, 3.63) is 0 Å². The van der Waals surface area contributed by atoms with Crippen LogP contribution < -0.4 is 5.73 Å². The molecule has 1 aliphatic rings. The van der Waals surface area contributed by atoms with Crippen LogP contribution in [0.25, 0.3) is 0 Å². The summed E-state index contributed by atoms with van der Waals surface area (Å²) in [5.74, 6) is 0.341. The summed E-state index contributed by atoms with van der Waals surface area (Å²) in [6, 6.07) is 0.264. The number of nitrogens with zero attached hydrogens (tertiary/aromatic N) is 1. The van der Waals surface area contributed by atoms with Crippen molar-refractivity contribution < 1.29 is 4.79 Å². The first-order valence-electron chi connectivity index (χ1n) is 6.58. The van der Waals surface area contributed by atoms with E-state index in [1.54, 1.807) is 0 Å². The Bertz CT molecular complexity index is 232. The van der Waals surface area contributed by atoms with E-state index in [-0.39, 0.29) is 11.5 Å². The third kappa shape index (κ3) is 2.57. The Morgan fingerprint density at radius 1 is 1.38 bits per heavy atom. The van der Waals surface area contributed by atoms with E-state index in [0.29, 0.717) is 19.0 Å². The average Bonchev–Trinajstić information content (AvgIpc) is 2.74. The summed E-state index contributed by atoms with van der Waals surface area (Å²) >= 11 is 0. The van der Waals surface area contributed by atoms with Crippen molar-refractivity contribution >= 4 is 5.91 Å². The van der Waals surface area contributed by atoms with Crippen LogP contribution in [0.5, 0.6) is 0 Å². The van der Waals surface area contributed by atoms with Crippen molar-refractivity contribution in [2.24, 2.45) is 11.1 Å². The molecule has 94 valence electrons. The second-order valence-corrected chi connectivity index (χ2v) is 5.22. The topological polar surface area (TPSA) is 46.3 Å². The molecule has 0 atom stereocenters. The molecular weight excluding hydrogens is 200 g/mol. The van der Waals surface area contributed by atoms with E-state index in [1.165, 1.54) is 12.8 Å². The molecule has 2 N–H and O–H groups in total. The van der Waals surface area contributed by atoms with Gasteiger partial charge in [-0.2, -0.15) is 0 Å². The molecule has 0 aromatic rings. The van der Waals surface area contributed by atoms with Gasteiger partial charge in [0.25, 0.3) is 0 Å². The normalized spacial score (nSPS) is 19.1. The van der Waals surface area contributed by atoms with Crippen LogP contribution in [-0.2, 0) is 4.79 Å². The fourth-order valence-corrected chi connectivity index (χ4v) is 2.81. The monoisotopic (exact) mass is 226 g/mol. The van der Waals surface area contributed by atoms with Crippen molar-refractivity contribution in [1.29, 1.82) is 0 Å². The van der Waals surface area contributed by atoms with Crippen molar-refractivity contribution in [2.45, 2.75) is 58.9 Å². The fraction of sp³-hybridized carbons (Fsp3) is 0.923. The van der Waals surface area contributed by atoms with Gasteiger partial charge in [0, 0.05) is 24.5 Å². The van der Waals surface area contributed by atoms with Crippen LogP contribution in [0, 0.1) is 5.41 Å². The number of hydrogen-bond donors (Lipinski definition) is 1. The number of hydrogen-bond acceptors (Lipinski definition) is 2. The highest BCUT2D eigenvalue weighted by Gasteiger charge is 2.42. The van der Waals surface area contributed by atoms with Crippen molar-refractivity contribution in [1.82, 2.24) is 4.90 Å². The number of amides is 1. The van der Waals surface area contributed by atoms with E-state index in [4.69, 9.17) is 5.73 Å². The molecule has 3 heteroatoms. The van der Waals surface area contributed by atoms with Crippen LogP contribution in [0.3, 0.4) is 0 Å². The zero-order valence-corrected chi connectivity index (χ0v) is 11.0. The molecule has 1 fully saturated rings. The smallest absolute Gasteiger partial charge is 0.229 e. The van der Waals surface area contributed by atoms with Gasteiger partial charge in [-0.3, -0.25) is 4.79 Å². The molecule has 0 saturated heterocycles. The number of nitrogens with two attached hydrogens (primary N) is 1. The van der Waals surface area contributed by atoms with Gasteiger partial charge in [0.15, 0.2) is 0 Å². The lowest BCUT2D eigenvalue weighted by Crippen LogP contribution is -2.47. The van der Waals surface area contributed by atoms with Gasteiger partial charge < -0.3 is 10.6 Å². The van der Waals surface area contributed by atoms with Crippen LogP contribution >= 0.6 is 0 Å². The molecule has 1 amide bonds. The summed E-state index contributed by atoms with van der Waals surface area (Å²) < 4.78 is 0. The minimum Gasteiger partial charge on any atom is -0.339 e. The summed E-state index contributed by atoms with van der Waals surface area (Å²) in [4.78, 5) is 14.6. The Morgan fingerprint density at radius 3 is 2.31 bits per heavy atom. The van der Waals surface area contributed by atoms with Crippen molar-refractivity contribution in [3.63, 3.8) is 0 Å². The highest BCUT2D eigenvalue weighted by Crippen LogP contribution is 2.42. The molecule has 1 saturated carbocycles. The summed E-state index contributed by atoms with van der Waals surface area (Å²) in [6.45, 7) is 7.55. The summed E-state index contributed by atoms with van der Waals surface area (Å²) in [7, 11) is 0. The number of carbonyl (C=O) groups excluding carboxylic acids is 1. The second kappa shape index (κ2) is 5.67. The van der Waals surface area contributed by atoms with E-state index in [9.17, 15) is 4.79 Å². The van der Waals surface area contributed by atoms with Gasteiger partial charge in [0.1, 0.15) is 0 Å². The van der Waals surface area contributed by atoms with Gasteiger partial charge in [0.2, 0.25) is 5.91 Å². The lowest BCUT2D eigenvalue weighted by atomic mass is 9.81. The van der Waals surface area contributed by atoms with Crippen LogP contribution in [0.15, 0.2) is 0 Å². The molecule has 0 spiro atoms. The standard InChI is InChI=1S/C13H26N2O/c1-4-13(7-5-6-8-13)12(16)15(10-9-14)11(2)3/h11H,4-10,14H2,1-3H3. The maximum Gasteiger partial charge on any atom is 0.229 e. The Balaban J connectivity index is 2.79. The first kappa shape index (κ1) is 13.5. The van der Waals surface area contributed by atoms with Crippen LogP contribution in [-0.4, -0.2) is 29.9 Å². The fourth-order valence-electron chi connectivity index (χ4n) is 2.81. The highest BCUT2D eigenvalue weighted by molar-refractivity contribution is 5.83. The predicted octanol–water partition coefficient (Wildman–Crippen LogP) is 2.15. The Hall–Kier alpha value is -0.570. The van der Waals surface area contributed by atoms with Crippen LogP contribution in [0.1, 0.15) is 52.9 Å². The van der Waals surface area contributed by atoms with Gasteiger partial charge in [-0.25, -0.2) is 0 Å². The van der Waals surface area contributed by atoms with Gasteiger partial charge in [0.05, 0.1) is 0 Å². The van der Waals surface area contributed by atoms with Crippen LogP contribution in [0.4, 0.5) is 0 Å². The molecule has 0 aromatic heterocycles. The molecule has 1 aliphatic carbocycles. The van der Waals surface area contributed by atoms with E-state index in [0.717, 1.165) is 19.3 Å². The molecule has 3 nitrogen and oxygen atoms in total. The third-order valence-electron chi connectivity index (χ3n) is 3.95. The lowest BCUT2D eigenvalue weighted by Gasteiger charge is -2.36. The van der Waals surface area contributed by atoms with E-state index in [2.05, 4.69) is 20.8 Å². The Labute approximate surface area is 99.4 Å². The van der Waals surface area contributed by atoms with Crippen molar-refractivity contribution in [3.8, 4) is 0 Å². The zero-order valence-electron chi connectivity index (χ0n) is 11.0. The molecule has 16 heavy (non-hydrogen) atoms. The van der Waals surface area contributed by atoms with Crippen LogP contribution in [0.2, 0.25) is 0 Å². The second-order valence-electron chi connectivity index (χ2n) is 5.22. The first-order chi connectivity index (χ1) is 7.57. The predicted molar refractivity (Wildman–Crippen MR) is 67.1 cm³/mol. The Morgan fingerprint density at radius 2 is 1.94 bits per heavy atom. The largest absolute Gasteiger partial charge is 0.339 e.